The van der Waals surface area contributed by atoms with Gasteiger partial charge in [-0.25, -0.2) is 0 Å². The van der Waals surface area contributed by atoms with Crippen molar-refractivity contribution in [1.29, 1.82) is 0 Å². The van der Waals surface area contributed by atoms with Gasteiger partial charge in [0.2, 0.25) is 5.91 Å². The maximum Gasteiger partial charge on any atom is 0.269 e. The topological polar surface area (TPSA) is 72.2 Å². The van der Waals surface area contributed by atoms with Crippen LogP contribution in [-0.4, -0.2) is 10.8 Å². The van der Waals surface area contributed by atoms with Crippen molar-refractivity contribution in [2.45, 2.75) is 19.8 Å². The summed E-state index contributed by atoms with van der Waals surface area (Å²) >= 11 is 3.38. The zero-order valence-electron chi connectivity index (χ0n) is 12.2. The Morgan fingerprint density at radius 2 is 1.86 bits per heavy atom. The molecule has 1 atom stereocenters. The van der Waals surface area contributed by atoms with E-state index in [0.29, 0.717) is 0 Å². The van der Waals surface area contributed by atoms with Crippen molar-refractivity contribution in [3.8, 4) is 0 Å². The molecule has 0 aliphatic heterocycles. The van der Waals surface area contributed by atoms with Crippen molar-refractivity contribution in [2.75, 3.05) is 5.32 Å². The van der Waals surface area contributed by atoms with Crippen LogP contribution in [0.3, 0.4) is 0 Å². The van der Waals surface area contributed by atoms with Gasteiger partial charge in [0.25, 0.3) is 5.69 Å². The molecule has 0 aliphatic rings. The van der Waals surface area contributed by atoms with E-state index in [0.717, 1.165) is 21.3 Å². The highest BCUT2D eigenvalue weighted by atomic mass is 79.9. The molecule has 0 saturated heterocycles. The van der Waals surface area contributed by atoms with Gasteiger partial charge in [-0.3, -0.25) is 14.9 Å². The Hall–Kier alpha value is -2.21. The first kappa shape index (κ1) is 16.2. The number of benzene rings is 2. The van der Waals surface area contributed by atoms with Gasteiger partial charge in [0.05, 0.1) is 10.8 Å². The molecule has 2 aromatic carbocycles. The molecule has 6 heteroatoms. The van der Waals surface area contributed by atoms with Gasteiger partial charge >= 0.3 is 0 Å². The molecule has 0 aromatic heterocycles. The second-order valence-electron chi connectivity index (χ2n) is 5.02. The fourth-order valence-corrected chi connectivity index (χ4v) is 2.52. The molecule has 0 spiro atoms. The summed E-state index contributed by atoms with van der Waals surface area (Å²) in [6.07, 6.45) is 0. The predicted octanol–water partition coefficient (Wildman–Crippen LogP) is 4.41. The van der Waals surface area contributed by atoms with Crippen LogP contribution in [0.5, 0.6) is 0 Å². The molecule has 1 N–H and O–H groups in total. The lowest BCUT2D eigenvalue weighted by molar-refractivity contribution is -0.384. The van der Waals surface area contributed by atoms with Crippen LogP contribution in [0.4, 0.5) is 11.4 Å². The number of non-ortho nitro benzene ring substituents is 1. The zero-order chi connectivity index (χ0) is 16.3. The summed E-state index contributed by atoms with van der Waals surface area (Å²) in [7, 11) is 0. The zero-order valence-corrected chi connectivity index (χ0v) is 13.8. The molecule has 0 bridgehead atoms. The summed E-state index contributed by atoms with van der Waals surface area (Å²) in [5.41, 5.74) is 2.46. The minimum absolute atomic E-state index is 0.0140. The molecule has 0 heterocycles. The number of nitrogens with one attached hydrogen (secondary N) is 1. The van der Waals surface area contributed by atoms with E-state index in [4.69, 9.17) is 0 Å². The maximum absolute atomic E-state index is 12.3. The molecule has 2 aromatic rings. The van der Waals surface area contributed by atoms with E-state index in [9.17, 15) is 14.9 Å². The lowest BCUT2D eigenvalue weighted by Crippen LogP contribution is -2.19. The van der Waals surface area contributed by atoms with Crippen LogP contribution in [-0.2, 0) is 4.79 Å². The number of hydrogen-bond acceptors (Lipinski definition) is 3. The molecule has 114 valence electrons. The largest absolute Gasteiger partial charge is 0.325 e. The Labute approximate surface area is 136 Å². The van der Waals surface area contributed by atoms with Gasteiger partial charge in [0.15, 0.2) is 0 Å². The third kappa shape index (κ3) is 3.71. The van der Waals surface area contributed by atoms with Gasteiger partial charge in [-0.1, -0.05) is 28.1 Å². The summed E-state index contributed by atoms with van der Waals surface area (Å²) in [6, 6.07) is 11.6. The highest BCUT2D eigenvalue weighted by Crippen LogP contribution is 2.24. The summed E-state index contributed by atoms with van der Waals surface area (Å²) in [6.45, 7) is 3.68. The van der Waals surface area contributed by atoms with E-state index in [2.05, 4.69) is 21.2 Å². The molecule has 0 radical (unpaired) electrons. The lowest BCUT2D eigenvalue weighted by atomic mass is 10.00. The average Bonchev–Trinajstić information content (AvgIpc) is 2.49. The van der Waals surface area contributed by atoms with Crippen molar-refractivity contribution in [1.82, 2.24) is 0 Å². The maximum atomic E-state index is 12.3. The number of anilines is 1. The molecule has 1 amide bonds. The van der Waals surface area contributed by atoms with Crippen molar-refractivity contribution >= 4 is 33.2 Å². The van der Waals surface area contributed by atoms with E-state index in [1.54, 1.807) is 19.1 Å². The second kappa shape index (κ2) is 6.70. The quantitative estimate of drug-likeness (QED) is 0.646. The highest BCUT2D eigenvalue weighted by Gasteiger charge is 2.17. The van der Waals surface area contributed by atoms with E-state index in [1.807, 2.05) is 25.1 Å². The number of aryl methyl sites for hydroxylation is 1. The number of carbonyl (C=O) groups is 1. The van der Waals surface area contributed by atoms with Crippen molar-refractivity contribution in [2.24, 2.45) is 0 Å². The van der Waals surface area contributed by atoms with Crippen molar-refractivity contribution < 1.29 is 9.72 Å². The number of nitro groups is 1. The number of amides is 1. The normalized spacial score (nSPS) is 11.8. The Bertz CT molecular complexity index is 714. The third-order valence-electron chi connectivity index (χ3n) is 3.44. The summed E-state index contributed by atoms with van der Waals surface area (Å²) < 4.78 is 0.950. The highest BCUT2D eigenvalue weighted by molar-refractivity contribution is 9.10. The molecule has 0 unspecified atom stereocenters. The summed E-state index contributed by atoms with van der Waals surface area (Å²) in [5.74, 6) is -0.553. The number of rotatable bonds is 4. The minimum atomic E-state index is -0.459. The third-order valence-corrected chi connectivity index (χ3v) is 3.94. The first-order chi connectivity index (χ1) is 10.4. The molecular formula is C16H15BrN2O3. The van der Waals surface area contributed by atoms with Crippen LogP contribution in [0.15, 0.2) is 46.9 Å². The lowest BCUT2D eigenvalue weighted by Gasteiger charge is -2.14. The van der Waals surface area contributed by atoms with Gasteiger partial charge in [-0.15, -0.1) is 0 Å². The van der Waals surface area contributed by atoms with Crippen LogP contribution in [0.25, 0.3) is 0 Å². The molecular weight excluding hydrogens is 348 g/mol. The fraction of sp³-hybridized carbons (Fsp3) is 0.188. The molecule has 2 rings (SSSR count). The van der Waals surface area contributed by atoms with E-state index in [-0.39, 0.29) is 11.6 Å². The Morgan fingerprint density at radius 1 is 1.23 bits per heavy atom. The van der Waals surface area contributed by atoms with E-state index >= 15 is 0 Å². The smallest absolute Gasteiger partial charge is 0.269 e. The van der Waals surface area contributed by atoms with Crippen LogP contribution in [0.1, 0.15) is 24.0 Å². The summed E-state index contributed by atoms with van der Waals surface area (Å²) in [4.78, 5) is 22.5. The fourth-order valence-electron chi connectivity index (χ4n) is 2.04. The SMILES string of the molecule is Cc1cc(Br)ccc1NC(=O)[C@H](C)c1ccc([N+](=O)[O-])cc1. The van der Waals surface area contributed by atoms with Crippen molar-refractivity contribution in [3.63, 3.8) is 0 Å². The van der Waals surface area contributed by atoms with Gasteiger partial charge in [-0.2, -0.15) is 0 Å². The average molecular weight is 363 g/mol. The second-order valence-corrected chi connectivity index (χ2v) is 5.93. The number of carbonyl (C=O) groups excluding carboxylic acids is 1. The molecule has 0 aliphatic carbocycles. The monoisotopic (exact) mass is 362 g/mol. The number of hydrogen-bond donors (Lipinski definition) is 1. The predicted molar refractivity (Wildman–Crippen MR) is 89.0 cm³/mol. The van der Waals surface area contributed by atoms with Crippen LogP contribution >= 0.6 is 15.9 Å². The number of nitro benzene ring substituents is 1. The summed E-state index contributed by atoms with van der Waals surface area (Å²) in [5, 5.41) is 13.5. The van der Waals surface area contributed by atoms with E-state index in [1.165, 1.54) is 12.1 Å². The molecule has 22 heavy (non-hydrogen) atoms. The number of halogens is 1. The number of nitrogens with zero attached hydrogens (tertiary/aromatic N) is 1. The van der Waals surface area contributed by atoms with E-state index < -0.39 is 10.8 Å². The standard InChI is InChI=1S/C16H15BrN2O3/c1-10-9-13(17)5-8-15(10)18-16(20)11(2)12-3-6-14(7-4-12)19(21)22/h3-9,11H,1-2H3,(H,18,20)/t11-/m1/s1. The Morgan fingerprint density at radius 3 is 2.41 bits per heavy atom. The molecule has 5 nitrogen and oxygen atoms in total. The van der Waals surface area contributed by atoms with Crippen LogP contribution in [0.2, 0.25) is 0 Å². The van der Waals surface area contributed by atoms with Gasteiger partial charge in [-0.05, 0) is 43.2 Å². The van der Waals surface area contributed by atoms with Crippen LogP contribution in [0, 0.1) is 17.0 Å². The first-order valence-corrected chi connectivity index (χ1v) is 7.49. The molecule has 0 saturated carbocycles. The minimum Gasteiger partial charge on any atom is -0.325 e. The van der Waals surface area contributed by atoms with Gasteiger partial charge in [0, 0.05) is 22.3 Å². The van der Waals surface area contributed by atoms with Gasteiger partial charge < -0.3 is 5.32 Å². The van der Waals surface area contributed by atoms with Crippen LogP contribution < -0.4 is 5.32 Å². The first-order valence-electron chi connectivity index (χ1n) is 6.70. The molecule has 0 fully saturated rings. The Balaban J connectivity index is 2.13. The Kier molecular flexibility index (Phi) is 4.92. The van der Waals surface area contributed by atoms with Crippen molar-refractivity contribution in [3.05, 3.63) is 68.2 Å². The van der Waals surface area contributed by atoms with Gasteiger partial charge in [0.1, 0.15) is 0 Å².